The minimum absolute atomic E-state index is 0.0981. The number of aliphatic hydroxyl groups excluding tert-OH is 1. The zero-order valence-electron chi connectivity index (χ0n) is 12.8. The smallest absolute Gasteiger partial charge is 0.322 e. The minimum Gasteiger partial charge on any atom is -0.445 e. The average molecular weight is 317 g/mol. The van der Waals surface area contributed by atoms with Crippen LogP contribution >= 0.6 is 0 Å². The standard InChI is InChI=1S/C16H19N3O4/c1-11-8-19(9-14(10-20)23-11)16(21)18-13-4-2-12(3-5-13)15-17-6-7-22-15/h2-7,11,14,20H,8-10H2,1H3,(H,18,21)/t11-,14+/m1/s1. The molecule has 0 bridgehead atoms. The van der Waals surface area contributed by atoms with E-state index in [1.807, 2.05) is 19.1 Å². The van der Waals surface area contributed by atoms with Crippen LogP contribution in [0.4, 0.5) is 10.5 Å². The van der Waals surface area contributed by atoms with Gasteiger partial charge in [0, 0.05) is 17.8 Å². The predicted molar refractivity (Wildman–Crippen MR) is 84.0 cm³/mol. The monoisotopic (exact) mass is 317 g/mol. The number of amides is 2. The Morgan fingerprint density at radius 1 is 1.39 bits per heavy atom. The van der Waals surface area contributed by atoms with E-state index in [-0.39, 0.29) is 24.8 Å². The van der Waals surface area contributed by atoms with Gasteiger partial charge in [0.1, 0.15) is 6.26 Å². The SMILES string of the molecule is C[C@@H]1CN(C(=O)Nc2ccc(-c3ncco3)cc2)C[C@@H](CO)O1. The first kappa shape index (κ1) is 15.5. The highest BCUT2D eigenvalue weighted by Crippen LogP contribution is 2.20. The largest absolute Gasteiger partial charge is 0.445 e. The molecule has 0 spiro atoms. The molecule has 1 aliphatic rings. The number of morpholine rings is 1. The number of carbonyl (C=O) groups is 1. The number of oxazole rings is 1. The molecule has 0 aliphatic carbocycles. The number of aliphatic hydroxyl groups is 1. The van der Waals surface area contributed by atoms with Crippen molar-refractivity contribution >= 4 is 11.7 Å². The fourth-order valence-corrected chi connectivity index (χ4v) is 2.58. The fourth-order valence-electron chi connectivity index (χ4n) is 2.58. The van der Waals surface area contributed by atoms with Crippen LogP contribution in [-0.2, 0) is 4.74 Å². The van der Waals surface area contributed by atoms with Crippen molar-refractivity contribution in [2.24, 2.45) is 0 Å². The number of nitrogens with zero attached hydrogens (tertiary/aromatic N) is 2. The van der Waals surface area contributed by atoms with Crippen LogP contribution in [0, 0.1) is 0 Å². The van der Waals surface area contributed by atoms with E-state index >= 15 is 0 Å². The molecule has 7 nitrogen and oxygen atoms in total. The van der Waals surface area contributed by atoms with E-state index in [9.17, 15) is 9.90 Å². The third-order valence-corrected chi connectivity index (χ3v) is 3.63. The van der Waals surface area contributed by atoms with E-state index in [1.165, 1.54) is 6.26 Å². The Hall–Kier alpha value is -2.38. The molecule has 2 N–H and O–H groups in total. The molecular weight excluding hydrogens is 298 g/mol. The van der Waals surface area contributed by atoms with Gasteiger partial charge in [-0.1, -0.05) is 0 Å². The van der Waals surface area contributed by atoms with Gasteiger partial charge in [0.2, 0.25) is 5.89 Å². The highest BCUT2D eigenvalue weighted by atomic mass is 16.5. The molecule has 1 aromatic carbocycles. The van der Waals surface area contributed by atoms with Crippen molar-refractivity contribution in [1.29, 1.82) is 0 Å². The lowest BCUT2D eigenvalue weighted by atomic mass is 10.2. The Bertz CT molecular complexity index is 642. The van der Waals surface area contributed by atoms with E-state index in [2.05, 4.69) is 10.3 Å². The summed E-state index contributed by atoms with van der Waals surface area (Å²) in [6.07, 6.45) is 2.67. The third kappa shape index (κ3) is 3.69. The van der Waals surface area contributed by atoms with Gasteiger partial charge in [-0.15, -0.1) is 0 Å². The van der Waals surface area contributed by atoms with Gasteiger partial charge in [0.25, 0.3) is 0 Å². The number of nitrogens with one attached hydrogen (secondary N) is 1. The molecular formula is C16H19N3O4. The molecule has 1 saturated heterocycles. The second kappa shape index (κ2) is 6.80. The number of ether oxygens (including phenoxy) is 1. The summed E-state index contributed by atoms with van der Waals surface area (Å²) in [6.45, 7) is 2.66. The highest BCUT2D eigenvalue weighted by molar-refractivity contribution is 5.89. The predicted octanol–water partition coefficient (Wildman–Crippen LogP) is 1.96. The van der Waals surface area contributed by atoms with Crippen molar-refractivity contribution in [3.05, 3.63) is 36.7 Å². The van der Waals surface area contributed by atoms with Crippen molar-refractivity contribution in [2.45, 2.75) is 19.1 Å². The summed E-state index contributed by atoms with van der Waals surface area (Å²) >= 11 is 0. The zero-order valence-corrected chi connectivity index (χ0v) is 12.8. The summed E-state index contributed by atoms with van der Waals surface area (Å²) in [7, 11) is 0. The Morgan fingerprint density at radius 3 is 2.83 bits per heavy atom. The number of aromatic nitrogens is 1. The Balaban J connectivity index is 1.63. The van der Waals surface area contributed by atoms with Crippen molar-refractivity contribution in [3.8, 4) is 11.5 Å². The highest BCUT2D eigenvalue weighted by Gasteiger charge is 2.27. The normalized spacial score (nSPS) is 21.2. The van der Waals surface area contributed by atoms with Crippen molar-refractivity contribution < 1.29 is 19.1 Å². The maximum atomic E-state index is 12.3. The summed E-state index contributed by atoms with van der Waals surface area (Å²) in [4.78, 5) is 18.1. The van der Waals surface area contributed by atoms with Gasteiger partial charge in [-0.05, 0) is 31.2 Å². The molecule has 2 atom stereocenters. The third-order valence-electron chi connectivity index (χ3n) is 3.63. The molecule has 1 fully saturated rings. The zero-order chi connectivity index (χ0) is 16.2. The van der Waals surface area contributed by atoms with E-state index < -0.39 is 0 Å². The van der Waals surface area contributed by atoms with E-state index in [1.54, 1.807) is 23.2 Å². The van der Waals surface area contributed by atoms with E-state index in [0.717, 1.165) is 5.56 Å². The van der Waals surface area contributed by atoms with Gasteiger partial charge in [0.05, 0.1) is 31.6 Å². The Kier molecular flexibility index (Phi) is 4.59. The number of hydrogen-bond acceptors (Lipinski definition) is 5. The van der Waals surface area contributed by atoms with Gasteiger partial charge >= 0.3 is 6.03 Å². The average Bonchev–Trinajstić information content (AvgIpc) is 3.09. The second-order valence-electron chi connectivity index (χ2n) is 5.50. The quantitative estimate of drug-likeness (QED) is 0.903. The second-order valence-corrected chi connectivity index (χ2v) is 5.50. The molecule has 2 amide bonds. The minimum atomic E-state index is -0.336. The molecule has 1 aromatic heterocycles. The summed E-state index contributed by atoms with van der Waals surface area (Å²) in [5.41, 5.74) is 1.53. The summed E-state index contributed by atoms with van der Waals surface area (Å²) in [6, 6.07) is 7.05. The lowest BCUT2D eigenvalue weighted by Crippen LogP contribution is -2.51. The van der Waals surface area contributed by atoms with Crippen LogP contribution in [0.1, 0.15) is 6.92 Å². The molecule has 1 aliphatic heterocycles. The van der Waals surface area contributed by atoms with Crippen LogP contribution in [0.25, 0.3) is 11.5 Å². The van der Waals surface area contributed by atoms with Crippen LogP contribution in [0.15, 0.2) is 41.1 Å². The number of anilines is 1. The van der Waals surface area contributed by atoms with Crippen LogP contribution in [0.3, 0.4) is 0 Å². The van der Waals surface area contributed by atoms with Crippen LogP contribution in [0.2, 0.25) is 0 Å². The molecule has 0 radical (unpaired) electrons. The topological polar surface area (TPSA) is 87.8 Å². The first-order valence-corrected chi connectivity index (χ1v) is 7.48. The van der Waals surface area contributed by atoms with Gasteiger partial charge in [-0.25, -0.2) is 9.78 Å². The lowest BCUT2D eigenvalue weighted by molar-refractivity contribution is -0.0822. The maximum Gasteiger partial charge on any atom is 0.322 e. The van der Waals surface area contributed by atoms with Gasteiger partial charge < -0.3 is 24.5 Å². The number of hydrogen-bond donors (Lipinski definition) is 2. The lowest BCUT2D eigenvalue weighted by Gasteiger charge is -2.36. The van der Waals surface area contributed by atoms with Crippen LogP contribution in [0.5, 0.6) is 0 Å². The molecule has 2 heterocycles. The van der Waals surface area contributed by atoms with Gasteiger partial charge in [0.15, 0.2) is 0 Å². The molecule has 3 rings (SSSR count). The fraction of sp³-hybridized carbons (Fsp3) is 0.375. The van der Waals surface area contributed by atoms with Crippen molar-refractivity contribution in [2.75, 3.05) is 25.0 Å². The number of benzene rings is 1. The number of rotatable bonds is 3. The van der Waals surface area contributed by atoms with E-state index in [4.69, 9.17) is 9.15 Å². The van der Waals surface area contributed by atoms with Crippen LogP contribution < -0.4 is 5.32 Å². The van der Waals surface area contributed by atoms with Crippen molar-refractivity contribution in [1.82, 2.24) is 9.88 Å². The first-order valence-electron chi connectivity index (χ1n) is 7.48. The number of carbonyl (C=O) groups excluding carboxylic acids is 1. The Labute approximate surface area is 133 Å². The maximum absolute atomic E-state index is 12.3. The summed E-state index contributed by atoms with van der Waals surface area (Å²) in [5, 5.41) is 12.1. The van der Waals surface area contributed by atoms with Gasteiger partial charge in [-0.3, -0.25) is 0 Å². The Morgan fingerprint density at radius 2 is 2.17 bits per heavy atom. The number of urea groups is 1. The molecule has 0 unspecified atom stereocenters. The van der Waals surface area contributed by atoms with Crippen LogP contribution in [-0.4, -0.2) is 52.9 Å². The molecule has 2 aromatic rings. The molecule has 122 valence electrons. The molecule has 23 heavy (non-hydrogen) atoms. The van der Waals surface area contributed by atoms with Gasteiger partial charge in [-0.2, -0.15) is 0 Å². The van der Waals surface area contributed by atoms with Crippen molar-refractivity contribution in [3.63, 3.8) is 0 Å². The molecule has 0 saturated carbocycles. The summed E-state index contributed by atoms with van der Waals surface area (Å²) in [5.74, 6) is 0.538. The first-order chi connectivity index (χ1) is 11.2. The summed E-state index contributed by atoms with van der Waals surface area (Å²) < 4.78 is 10.8. The van der Waals surface area contributed by atoms with E-state index in [0.29, 0.717) is 24.7 Å². The molecule has 7 heteroatoms.